The first-order chi connectivity index (χ1) is 8.61. The van der Waals surface area contributed by atoms with E-state index in [1.807, 2.05) is 0 Å². The fraction of sp³-hybridized carbons (Fsp3) is 0.0769. The van der Waals surface area contributed by atoms with Crippen molar-refractivity contribution in [1.29, 1.82) is 0 Å². The van der Waals surface area contributed by atoms with E-state index in [0.29, 0.717) is 17.8 Å². The van der Waals surface area contributed by atoms with Gasteiger partial charge in [0.2, 0.25) is 0 Å². The van der Waals surface area contributed by atoms with Gasteiger partial charge in [0.1, 0.15) is 5.82 Å². The predicted octanol–water partition coefficient (Wildman–Crippen LogP) is 2.57. The number of rotatable bonds is 4. The maximum absolute atomic E-state index is 12.9. The molecule has 0 aliphatic carbocycles. The lowest BCUT2D eigenvalue weighted by Crippen LogP contribution is -2.03. The Morgan fingerprint density at radius 2 is 2.11 bits per heavy atom. The number of allylic oxidation sites excluding steroid dienone is 1. The van der Waals surface area contributed by atoms with Gasteiger partial charge in [-0.15, -0.1) is 6.58 Å². The molecule has 0 fully saturated rings. The Balaban J connectivity index is 2.50. The number of benzene rings is 1. The molecule has 0 saturated carbocycles. The number of hydrogen-bond acceptors (Lipinski definition) is 2. The zero-order chi connectivity index (χ0) is 13.1. The summed E-state index contributed by atoms with van der Waals surface area (Å²) in [6, 6.07) is 7.26. The molecular weight excluding hydrogens is 235 g/mol. The quantitative estimate of drug-likeness (QED) is 0.843. The Morgan fingerprint density at radius 1 is 1.44 bits per heavy atom. The predicted molar refractivity (Wildman–Crippen MR) is 64.8 cm³/mol. The number of carbonyl (C=O) groups is 1. The molecule has 1 aromatic carbocycles. The van der Waals surface area contributed by atoms with Crippen molar-refractivity contribution in [2.24, 2.45) is 0 Å². The summed E-state index contributed by atoms with van der Waals surface area (Å²) >= 11 is 0. The zero-order valence-corrected chi connectivity index (χ0v) is 9.51. The normalized spacial score (nSPS) is 10.3. The van der Waals surface area contributed by atoms with Gasteiger partial charge in [-0.3, -0.25) is 4.68 Å². The van der Waals surface area contributed by atoms with Gasteiger partial charge in [-0.25, -0.2) is 9.18 Å². The summed E-state index contributed by atoms with van der Waals surface area (Å²) in [6.07, 6.45) is 1.62. The topological polar surface area (TPSA) is 55.1 Å². The maximum Gasteiger partial charge on any atom is 0.356 e. The first kappa shape index (κ1) is 12.0. The maximum atomic E-state index is 12.9. The number of nitrogens with zero attached hydrogens (tertiary/aromatic N) is 2. The molecule has 0 unspecified atom stereocenters. The molecule has 0 amide bonds. The lowest BCUT2D eigenvalue weighted by atomic mass is 10.1. The van der Waals surface area contributed by atoms with Gasteiger partial charge in [0.25, 0.3) is 0 Å². The molecule has 0 atom stereocenters. The highest BCUT2D eigenvalue weighted by atomic mass is 19.1. The molecule has 0 saturated heterocycles. The van der Waals surface area contributed by atoms with Crippen molar-refractivity contribution in [2.45, 2.75) is 6.54 Å². The van der Waals surface area contributed by atoms with Crippen LogP contribution in [-0.2, 0) is 6.54 Å². The van der Waals surface area contributed by atoms with E-state index in [0.717, 1.165) is 0 Å². The van der Waals surface area contributed by atoms with Gasteiger partial charge in [-0.1, -0.05) is 6.08 Å². The fourth-order valence-corrected chi connectivity index (χ4v) is 1.64. The van der Waals surface area contributed by atoms with Gasteiger partial charge >= 0.3 is 5.97 Å². The van der Waals surface area contributed by atoms with Gasteiger partial charge in [0.05, 0.1) is 12.2 Å². The van der Waals surface area contributed by atoms with Crippen LogP contribution < -0.4 is 0 Å². The summed E-state index contributed by atoms with van der Waals surface area (Å²) in [4.78, 5) is 10.9. The Bertz CT molecular complexity index is 588. The number of halogens is 1. The van der Waals surface area contributed by atoms with Gasteiger partial charge in [-0.2, -0.15) is 5.10 Å². The lowest BCUT2D eigenvalue weighted by molar-refractivity contribution is 0.0689. The summed E-state index contributed by atoms with van der Waals surface area (Å²) < 4.78 is 14.4. The van der Waals surface area contributed by atoms with Crippen LogP contribution in [0.1, 0.15) is 10.5 Å². The van der Waals surface area contributed by atoms with Crippen LogP contribution >= 0.6 is 0 Å². The standard InChI is InChI=1S/C13H11FN2O2/c1-2-7-16-12(8-11(15-16)13(17)18)9-3-5-10(14)6-4-9/h2-6,8H,1,7H2,(H,17,18). The molecule has 4 nitrogen and oxygen atoms in total. The minimum atomic E-state index is -1.10. The van der Waals surface area contributed by atoms with E-state index < -0.39 is 5.97 Å². The van der Waals surface area contributed by atoms with Crippen molar-refractivity contribution in [3.63, 3.8) is 0 Å². The molecular formula is C13H11FN2O2. The SMILES string of the molecule is C=CCn1nc(C(=O)O)cc1-c1ccc(F)cc1. The molecule has 0 bridgehead atoms. The largest absolute Gasteiger partial charge is 0.476 e. The Labute approximate surface area is 103 Å². The highest BCUT2D eigenvalue weighted by molar-refractivity contribution is 5.87. The fourth-order valence-electron chi connectivity index (χ4n) is 1.64. The Morgan fingerprint density at radius 3 is 2.67 bits per heavy atom. The van der Waals surface area contributed by atoms with E-state index in [1.54, 1.807) is 18.2 Å². The van der Waals surface area contributed by atoms with Crippen molar-refractivity contribution in [1.82, 2.24) is 9.78 Å². The molecule has 0 spiro atoms. The van der Waals surface area contributed by atoms with Crippen LogP contribution in [0.4, 0.5) is 4.39 Å². The second kappa shape index (κ2) is 4.83. The molecule has 0 aliphatic rings. The Hall–Kier alpha value is -2.43. The van der Waals surface area contributed by atoms with E-state index in [9.17, 15) is 9.18 Å². The number of carboxylic acids is 1. The van der Waals surface area contributed by atoms with Crippen LogP contribution in [0.25, 0.3) is 11.3 Å². The van der Waals surface area contributed by atoms with Crippen LogP contribution in [0.5, 0.6) is 0 Å². The average molecular weight is 246 g/mol. The van der Waals surface area contributed by atoms with Gasteiger partial charge < -0.3 is 5.11 Å². The third kappa shape index (κ3) is 2.29. The highest BCUT2D eigenvalue weighted by Crippen LogP contribution is 2.21. The molecule has 0 radical (unpaired) electrons. The van der Waals surface area contributed by atoms with E-state index >= 15 is 0 Å². The van der Waals surface area contributed by atoms with Crippen LogP contribution in [0.3, 0.4) is 0 Å². The molecule has 92 valence electrons. The third-order valence-corrected chi connectivity index (χ3v) is 2.44. The van der Waals surface area contributed by atoms with E-state index in [4.69, 9.17) is 5.11 Å². The first-order valence-electron chi connectivity index (χ1n) is 5.30. The Kier molecular flexibility index (Phi) is 3.23. The number of carboxylic acid groups (broad SMARTS) is 1. The third-order valence-electron chi connectivity index (χ3n) is 2.44. The molecule has 1 heterocycles. The summed E-state index contributed by atoms with van der Waals surface area (Å²) in [6.45, 7) is 3.98. The molecule has 2 aromatic rings. The smallest absolute Gasteiger partial charge is 0.356 e. The molecule has 1 N–H and O–H groups in total. The van der Waals surface area contributed by atoms with Crippen LogP contribution in [0.15, 0.2) is 43.0 Å². The summed E-state index contributed by atoms with van der Waals surface area (Å²) in [7, 11) is 0. The zero-order valence-electron chi connectivity index (χ0n) is 9.51. The van der Waals surface area contributed by atoms with E-state index in [-0.39, 0.29) is 11.5 Å². The monoisotopic (exact) mass is 246 g/mol. The number of hydrogen-bond donors (Lipinski definition) is 1. The molecule has 0 aliphatic heterocycles. The lowest BCUT2D eigenvalue weighted by Gasteiger charge is -2.04. The van der Waals surface area contributed by atoms with Gasteiger partial charge in [-0.05, 0) is 30.3 Å². The molecule has 1 aromatic heterocycles. The minimum Gasteiger partial charge on any atom is -0.476 e. The van der Waals surface area contributed by atoms with Crippen LogP contribution in [-0.4, -0.2) is 20.9 Å². The number of aromatic carboxylic acids is 1. The first-order valence-corrected chi connectivity index (χ1v) is 5.30. The van der Waals surface area contributed by atoms with E-state index in [2.05, 4.69) is 11.7 Å². The summed E-state index contributed by atoms with van der Waals surface area (Å²) in [5, 5.41) is 12.9. The van der Waals surface area contributed by atoms with Crippen LogP contribution in [0, 0.1) is 5.82 Å². The van der Waals surface area contributed by atoms with Gasteiger partial charge in [0.15, 0.2) is 5.69 Å². The molecule has 18 heavy (non-hydrogen) atoms. The van der Waals surface area contributed by atoms with Crippen molar-refractivity contribution in [2.75, 3.05) is 0 Å². The second-order valence-corrected chi connectivity index (χ2v) is 3.70. The van der Waals surface area contributed by atoms with Crippen molar-refractivity contribution < 1.29 is 14.3 Å². The van der Waals surface area contributed by atoms with Crippen molar-refractivity contribution in [3.8, 4) is 11.3 Å². The summed E-state index contributed by atoms with van der Waals surface area (Å²) in [5.41, 5.74) is 1.28. The van der Waals surface area contributed by atoms with Crippen LogP contribution in [0.2, 0.25) is 0 Å². The van der Waals surface area contributed by atoms with Crippen molar-refractivity contribution in [3.05, 3.63) is 54.5 Å². The second-order valence-electron chi connectivity index (χ2n) is 3.70. The highest BCUT2D eigenvalue weighted by Gasteiger charge is 2.13. The van der Waals surface area contributed by atoms with Gasteiger partial charge in [0, 0.05) is 5.56 Å². The average Bonchev–Trinajstić information content (AvgIpc) is 2.75. The van der Waals surface area contributed by atoms with Crippen molar-refractivity contribution >= 4 is 5.97 Å². The molecule has 2 rings (SSSR count). The minimum absolute atomic E-state index is 0.0452. The molecule has 5 heteroatoms. The van der Waals surface area contributed by atoms with E-state index in [1.165, 1.54) is 22.9 Å². The number of aromatic nitrogens is 2. The summed E-state index contributed by atoms with van der Waals surface area (Å²) in [5.74, 6) is -1.44.